The number of nitrogens with zero attached hydrogens (tertiary/aromatic N) is 1. The molecule has 0 amide bonds. The number of rotatable bonds is 6. The Labute approximate surface area is 92.6 Å². The lowest BCUT2D eigenvalue weighted by Gasteiger charge is -2.23. The molecule has 1 N–H and O–H groups in total. The van der Waals surface area contributed by atoms with Crippen LogP contribution in [-0.4, -0.2) is 31.0 Å². The quantitative estimate of drug-likeness (QED) is 0.717. The van der Waals surface area contributed by atoms with E-state index in [0.717, 1.165) is 12.8 Å². The highest BCUT2D eigenvalue weighted by atomic mass is 19.4. The molecule has 6 heteroatoms. The molecule has 1 fully saturated rings. The first-order valence-electron chi connectivity index (χ1n) is 5.18. The number of nitriles is 1. The highest BCUT2D eigenvalue weighted by Crippen LogP contribution is 2.23. The Morgan fingerprint density at radius 1 is 1.44 bits per heavy atom. The van der Waals surface area contributed by atoms with Crippen LogP contribution in [0.1, 0.15) is 26.2 Å². The topological polar surface area (TPSA) is 45.0 Å². The fourth-order valence-electron chi connectivity index (χ4n) is 1.25. The largest absolute Gasteiger partial charge is 0.391 e. The molecule has 1 saturated carbocycles. The van der Waals surface area contributed by atoms with Gasteiger partial charge in [0.05, 0.1) is 25.7 Å². The van der Waals surface area contributed by atoms with E-state index in [1.54, 1.807) is 6.92 Å². The van der Waals surface area contributed by atoms with Gasteiger partial charge in [-0.3, -0.25) is 5.32 Å². The van der Waals surface area contributed by atoms with Gasteiger partial charge in [-0.2, -0.15) is 18.4 Å². The predicted molar refractivity (Wildman–Crippen MR) is 51.7 cm³/mol. The summed E-state index contributed by atoms with van der Waals surface area (Å²) >= 11 is 0. The van der Waals surface area contributed by atoms with E-state index >= 15 is 0 Å². The van der Waals surface area contributed by atoms with Crippen molar-refractivity contribution in [3.05, 3.63) is 0 Å². The Morgan fingerprint density at radius 3 is 2.50 bits per heavy atom. The van der Waals surface area contributed by atoms with Gasteiger partial charge in [0.1, 0.15) is 5.54 Å². The van der Waals surface area contributed by atoms with Crippen LogP contribution in [0.2, 0.25) is 0 Å². The molecule has 0 aromatic rings. The Morgan fingerprint density at radius 2 is 2.06 bits per heavy atom. The molecule has 3 nitrogen and oxygen atoms in total. The van der Waals surface area contributed by atoms with Gasteiger partial charge < -0.3 is 4.74 Å². The van der Waals surface area contributed by atoms with Crippen molar-refractivity contribution in [2.45, 2.75) is 43.9 Å². The van der Waals surface area contributed by atoms with Gasteiger partial charge in [0.2, 0.25) is 0 Å². The van der Waals surface area contributed by atoms with Crippen molar-refractivity contribution in [2.24, 2.45) is 0 Å². The smallest absolute Gasteiger partial charge is 0.378 e. The molecule has 1 rings (SSSR count). The van der Waals surface area contributed by atoms with Gasteiger partial charge >= 0.3 is 6.18 Å². The summed E-state index contributed by atoms with van der Waals surface area (Å²) in [5.41, 5.74) is -0.882. The number of hydrogen-bond donors (Lipinski definition) is 1. The van der Waals surface area contributed by atoms with Crippen molar-refractivity contribution >= 4 is 0 Å². The number of halogens is 3. The summed E-state index contributed by atoms with van der Waals surface area (Å²) in [6.45, 7) is 1.22. The molecule has 1 aliphatic rings. The van der Waals surface area contributed by atoms with E-state index < -0.39 is 24.7 Å². The standard InChI is InChI=1S/C10H15F3N2O/c1-9(6-14,15-8-2-3-8)7-16-5-4-10(11,12)13/h8,15H,2-5,7H2,1H3. The van der Waals surface area contributed by atoms with Crippen LogP contribution in [0.3, 0.4) is 0 Å². The molecule has 0 aromatic carbocycles. The average molecular weight is 236 g/mol. The zero-order valence-corrected chi connectivity index (χ0v) is 9.10. The summed E-state index contributed by atoms with van der Waals surface area (Å²) in [5.74, 6) is 0. The van der Waals surface area contributed by atoms with Crippen molar-refractivity contribution in [3.63, 3.8) is 0 Å². The first-order valence-corrected chi connectivity index (χ1v) is 5.18. The number of nitrogens with one attached hydrogen (secondary N) is 1. The molecule has 92 valence electrons. The maximum atomic E-state index is 11.8. The summed E-state index contributed by atoms with van der Waals surface area (Å²) in [6.07, 6.45) is -3.15. The third kappa shape index (κ3) is 5.33. The van der Waals surface area contributed by atoms with Gasteiger partial charge in [-0.25, -0.2) is 0 Å². The molecule has 1 unspecified atom stereocenters. The molecule has 0 aliphatic heterocycles. The normalized spacial score (nSPS) is 20.2. The van der Waals surface area contributed by atoms with Gasteiger partial charge in [0.25, 0.3) is 0 Å². The summed E-state index contributed by atoms with van der Waals surface area (Å²) in [6, 6.07) is 2.35. The maximum Gasteiger partial charge on any atom is 0.391 e. The lowest BCUT2D eigenvalue weighted by Crippen LogP contribution is -2.46. The third-order valence-corrected chi connectivity index (χ3v) is 2.27. The van der Waals surface area contributed by atoms with E-state index in [2.05, 4.69) is 5.32 Å². The summed E-state index contributed by atoms with van der Waals surface area (Å²) < 4.78 is 40.3. The zero-order chi connectivity index (χ0) is 12.2. The molecule has 1 atom stereocenters. The first kappa shape index (κ1) is 13.3. The second-order valence-electron chi connectivity index (χ2n) is 4.28. The van der Waals surface area contributed by atoms with Crippen LogP contribution in [0, 0.1) is 11.3 Å². The summed E-state index contributed by atoms with van der Waals surface area (Å²) in [4.78, 5) is 0. The van der Waals surface area contributed by atoms with Crippen LogP contribution in [0.4, 0.5) is 13.2 Å². The highest BCUT2D eigenvalue weighted by molar-refractivity contribution is 5.07. The lowest BCUT2D eigenvalue weighted by molar-refractivity contribution is -0.146. The minimum absolute atomic E-state index is 0.0178. The maximum absolute atomic E-state index is 11.8. The Balaban J connectivity index is 2.20. The minimum Gasteiger partial charge on any atom is -0.378 e. The second-order valence-corrected chi connectivity index (χ2v) is 4.28. The van der Waals surface area contributed by atoms with Crippen LogP contribution in [0.15, 0.2) is 0 Å². The summed E-state index contributed by atoms with van der Waals surface area (Å²) in [7, 11) is 0. The van der Waals surface area contributed by atoms with Crippen LogP contribution in [0.25, 0.3) is 0 Å². The van der Waals surface area contributed by atoms with Gasteiger partial charge in [-0.1, -0.05) is 0 Å². The SMILES string of the molecule is CC(C#N)(COCCC(F)(F)F)NC1CC1. The Hall–Kier alpha value is -0.800. The monoisotopic (exact) mass is 236 g/mol. The third-order valence-electron chi connectivity index (χ3n) is 2.27. The van der Waals surface area contributed by atoms with E-state index in [1.165, 1.54) is 0 Å². The van der Waals surface area contributed by atoms with Crippen molar-refractivity contribution < 1.29 is 17.9 Å². The van der Waals surface area contributed by atoms with Gasteiger partial charge in [-0.15, -0.1) is 0 Å². The first-order chi connectivity index (χ1) is 7.35. The van der Waals surface area contributed by atoms with Gasteiger partial charge in [-0.05, 0) is 19.8 Å². The molecular formula is C10H15F3N2O. The van der Waals surface area contributed by atoms with Crippen molar-refractivity contribution in [2.75, 3.05) is 13.2 Å². The van der Waals surface area contributed by atoms with Crippen LogP contribution < -0.4 is 5.32 Å². The van der Waals surface area contributed by atoms with Crippen molar-refractivity contribution in [1.82, 2.24) is 5.32 Å². The van der Waals surface area contributed by atoms with Crippen LogP contribution in [-0.2, 0) is 4.74 Å². The van der Waals surface area contributed by atoms with Crippen LogP contribution in [0.5, 0.6) is 0 Å². The van der Waals surface area contributed by atoms with Crippen molar-refractivity contribution in [3.8, 4) is 6.07 Å². The minimum atomic E-state index is -4.20. The molecule has 0 spiro atoms. The summed E-state index contributed by atoms with van der Waals surface area (Å²) in [5, 5.41) is 12.0. The van der Waals surface area contributed by atoms with E-state index in [9.17, 15) is 13.2 Å². The number of ether oxygens (including phenoxy) is 1. The van der Waals surface area contributed by atoms with E-state index in [1.807, 2.05) is 6.07 Å². The molecule has 0 radical (unpaired) electrons. The van der Waals surface area contributed by atoms with E-state index in [0.29, 0.717) is 6.04 Å². The molecular weight excluding hydrogens is 221 g/mol. The second kappa shape index (κ2) is 5.02. The molecule has 0 heterocycles. The predicted octanol–water partition coefficient (Wildman–Crippen LogP) is 1.99. The number of alkyl halides is 3. The van der Waals surface area contributed by atoms with E-state index in [4.69, 9.17) is 10.00 Å². The molecule has 0 saturated heterocycles. The van der Waals surface area contributed by atoms with Crippen molar-refractivity contribution in [1.29, 1.82) is 5.26 Å². The molecule has 16 heavy (non-hydrogen) atoms. The lowest BCUT2D eigenvalue weighted by atomic mass is 10.1. The average Bonchev–Trinajstić information content (AvgIpc) is 2.95. The molecule has 0 bridgehead atoms. The Kier molecular flexibility index (Phi) is 4.16. The Bertz CT molecular complexity index is 270. The van der Waals surface area contributed by atoms with Crippen LogP contribution >= 0.6 is 0 Å². The number of hydrogen-bond acceptors (Lipinski definition) is 3. The fourth-order valence-corrected chi connectivity index (χ4v) is 1.25. The van der Waals surface area contributed by atoms with Gasteiger partial charge in [0.15, 0.2) is 0 Å². The van der Waals surface area contributed by atoms with E-state index in [-0.39, 0.29) is 6.61 Å². The zero-order valence-electron chi connectivity index (χ0n) is 9.10. The fraction of sp³-hybridized carbons (Fsp3) is 0.900. The molecule has 1 aliphatic carbocycles. The van der Waals surface area contributed by atoms with Gasteiger partial charge in [0, 0.05) is 6.04 Å². The highest BCUT2D eigenvalue weighted by Gasteiger charge is 2.33. The molecule has 0 aromatic heterocycles.